The van der Waals surface area contributed by atoms with Crippen LogP contribution in [-0.2, 0) is 21.2 Å². The van der Waals surface area contributed by atoms with Crippen molar-refractivity contribution in [1.82, 2.24) is 4.72 Å². The highest BCUT2D eigenvalue weighted by molar-refractivity contribution is 7.89. The second-order valence-corrected chi connectivity index (χ2v) is 9.66. The molecule has 3 aromatic rings. The molecule has 3 aromatic carbocycles. The molecule has 0 radical (unpaired) electrons. The third-order valence-electron chi connectivity index (χ3n) is 5.07. The first-order valence-electron chi connectivity index (χ1n) is 10.3. The van der Waals surface area contributed by atoms with Gasteiger partial charge >= 0.3 is 0 Å². The normalized spacial score (nSPS) is 12.5. The molecule has 6 heteroatoms. The van der Waals surface area contributed by atoms with Gasteiger partial charge in [0.05, 0.1) is 4.90 Å². The number of rotatable bonds is 8. The molecule has 5 nitrogen and oxygen atoms in total. The molecule has 0 saturated carbocycles. The summed E-state index contributed by atoms with van der Waals surface area (Å²) in [5, 5.41) is 2.85. The van der Waals surface area contributed by atoms with Gasteiger partial charge in [-0.1, -0.05) is 74.0 Å². The average molecular weight is 437 g/mol. The lowest BCUT2D eigenvalue weighted by molar-refractivity contribution is -0.117. The molecule has 0 bridgehead atoms. The monoisotopic (exact) mass is 436 g/mol. The average Bonchev–Trinajstić information content (AvgIpc) is 2.74. The molecule has 0 aliphatic rings. The third-order valence-corrected chi connectivity index (χ3v) is 6.56. The van der Waals surface area contributed by atoms with Crippen molar-refractivity contribution >= 4 is 21.6 Å². The first kappa shape index (κ1) is 22.7. The summed E-state index contributed by atoms with van der Waals surface area (Å²) in [7, 11) is -3.86. The predicted octanol–water partition coefficient (Wildman–Crippen LogP) is 4.65. The van der Waals surface area contributed by atoms with Gasteiger partial charge in [0, 0.05) is 5.69 Å². The van der Waals surface area contributed by atoms with E-state index in [4.69, 9.17) is 0 Å². The number of benzene rings is 3. The molecule has 1 atom stereocenters. The van der Waals surface area contributed by atoms with Crippen LogP contribution in [-0.4, -0.2) is 20.4 Å². The number of anilines is 1. The van der Waals surface area contributed by atoms with Crippen LogP contribution in [0.15, 0.2) is 83.8 Å². The van der Waals surface area contributed by atoms with Gasteiger partial charge in [-0.2, -0.15) is 4.72 Å². The van der Waals surface area contributed by atoms with Crippen LogP contribution in [0.2, 0.25) is 0 Å². The number of sulfonamides is 1. The van der Waals surface area contributed by atoms with Gasteiger partial charge in [0.2, 0.25) is 15.9 Å². The Morgan fingerprint density at radius 1 is 0.871 bits per heavy atom. The number of amides is 1. The molecule has 3 rings (SSSR count). The van der Waals surface area contributed by atoms with E-state index in [0.29, 0.717) is 11.6 Å². The Balaban J connectivity index is 1.83. The Labute approximate surface area is 184 Å². The smallest absolute Gasteiger partial charge is 0.242 e. The van der Waals surface area contributed by atoms with Crippen LogP contribution < -0.4 is 10.0 Å². The van der Waals surface area contributed by atoms with Gasteiger partial charge in [-0.15, -0.1) is 0 Å². The molecule has 0 heterocycles. The minimum Gasteiger partial charge on any atom is -0.325 e. The number of carbonyl (C=O) groups is 1. The predicted molar refractivity (Wildman–Crippen MR) is 125 cm³/mol. The van der Waals surface area contributed by atoms with Crippen LogP contribution in [0.25, 0.3) is 0 Å². The third kappa shape index (κ3) is 6.26. The van der Waals surface area contributed by atoms with Gasteiger partial charge < -0.3 is 5.32 Å². The molecule has 1 amide bonds. The van der Waals surface area contributed by atoms with Crippen molar-refractivity contribution in [2.75, 3.05) is 5.32 Å². The van der Waals surface area contributed by atoms with E-state index in [9.17, 15) is 13.2 Å². The van der Waals surface area contributed by atoms with Gasteiger partial charge in [-0.3, -0.25) is 4.79 Å². The van der Waals surface area contributed by atoms with Crippen LogP contribution in [0.3, 0.4) is 0 Å². The van der Waals surface area contributed by atoms with E-state index >= 15 is 0 Å². The lowest BCUT2D eigenvalue weighted by Gasteiger charge is -2.19. The van der Waals surface area contributed by atoms with Crippen molar-refractivity contribution in [3.8, 4) is 0 Å². The van der Waals surface area contributed by atoms with Crippen molar-refractivity contribution < 1.29 is 13.2 Å². The summed E-state index contributed by atoms with van der Waals surface area (Å²) < 4.78 is 28.4. The lowest BCUT2D eigenvalue weighted by Crippen LogP contribution is -2.45. The van der Waals surface area contributed by atoms with E-state index in [-0.39, 0.29) is 11.3 Å². The first-order chi connectivity index (χ1) is 14.7. The topological polar surface area (TPSA) is 75.3 Å². The van der Waals surface area contributed by atoms with Crippen molar-refractivity contribution in [2.24, 2.45) is 0 Å². The van der Waals surface area contributed by atoms with Gasteiger partial charge in [0.1, 0.15) is 6.04 Å². The zero-order chi connectivity index (χ0) is 22.4. The standard InChI is InChI=1S/C25H28N2O3S/c1-18(2)21-11-13-22(14-12-21)26-25(28)24(17-20-7-5-4-6-8-20)27-31(29,30)23-15-9-19(3)10-16-23/h4-16,18,24,27H,17H2,1-3H3,(H,26,28)/t24-/m1/s1. The van der Waals surface area contributed by atoms with Gasteiger partial charge in [-0.05, 0) is 54.7 Å². The number of carbonyl (C=O) groups excluding carboxylic acids is 1. The maximum absolute atomic E-state index is 13.1. The highest BCUT2D eigenvalue weighted by Gasteiger charge is 2.26. The molecule has 0 fully saturated rings. The molecule has 0 aliphatic heterocycles. The zero-order valence-corrected chi connectivity index (χ0v) is 18.8. The number of hydrogen-bond donors (Lipinski definition) is 2. The fourth-order valence-corrected chi connectivity index (χ4v) is 4.39. The molecular weight excluding hydrogens is 408 g/mol. The summed E-state index contributed by atoms with van der Waals surface area (Å²) >= 11 is 0. The van der Waals surface area contributed by atoms with Crippen LogP contribution >= 0.6 is 0 Å². The molecule has 0 saturated heterocycles. The SMILES string of the molecule is Cc1ccc(S(=O)(=O)N[C@H](Cc2ccccc2)C(=O)Nc2ccc(C(C)C)cc2)cc1. The van der Waals surface area contributed by atoms with E-state index < -0.39 is 22.0 Å². The minimum absolute atomic E-state index is 0.130. The maximum Gasteiger partial charge on any atom is 0.242 e. The van der Waals surface area contributed by atoms with E-state index in [0.717, 1.165) is 11.1 Å². The summed E-state index contributed by atoms with van der Waals surface area (Å²) in [4.78, 5) is 13.2. The van der Waals surface area contributed by atoms with E-state index in [1.54, 1.807) is 24.3 Å². The molecule has 0 spiro atoms. The molecule has 0 aliphatic carbocycles. The van der Waals surface area contributed by atoms with Crippen molar-refractivity contribution in [3.63, 3.8) is 0 Å². The molecular formula is C25H28N2O3S. The fraction of sp³-hybridized carbons (Fsp3) is 0.240. The van der Waals surface area contributed by atoms with Crippen molar-refractivity contribution in [2.45, 2.75) is 44.0 Å². The van der Waals surface area contributed by atoms with Crippen molar-refractivity contribution in [1.29, 1.82) is 0 Å². The van der Waals surface area contributed by atoms with E-state index in [1.165, 1.54) is 5.56 Å². The Morgan fingerprint density at radius 2 is 1.48 bits per heavy atom. The summed E-state index contributed by atoms with van der Waals surface area (Å²) in [5.41, 5.74) is 3.62. The number of hydrogen-bond acceptors (Lipinski definition) is 3. The van der Waals surface area contributed by atoms with Gasteiger partial charge in [-0.25, -0.2) is 8.42 Å². The summed E-state index contributed by atoms with van der Waals surface area (Å²) in [6, 6.07) is 22.5. The Bertz CT molecular complexity index is 1110. The van der Waals surface area contributed by atoms with Crippen LogP contribution in [0.1, 0.15) is 36.5 Å². The summed E-state index contributed by atoms with van der Waals surface area (Å²) in [6.07, 6.45) is 0.238. The van der Waals surface area contributed by atoms with Crippen molar-refractivity contribution in [3.05, 3.63) is 95.6 Å². The summed E-state index contributed by atoms with van der Waals surface area (Å²) in [5.74, 6) is -0.0197. The second kappa shape index (κ2) is 9.90. The van der Waals surface area contributed by atoms with Crippen LogP contribution in [0.4, 0.5) is 5.69 Å². The summed E-state index contributed by atoms with van der Waals surface area (Å²) in [6.45, 7) is 6.09. The molecule has 31 heavy (non-hydrogen) atoms. The number of aryl methyl sites for hydroxylation is 1. The highest BCUT2D eigenvalue weighted by atomic mass is 32.2. The fourth-order valence-electron chi connectivity index (χ4n) is 3.19. The largest absolute Gasteiger partial charge is 0.325 e. The van der Waals surface area contributed by atoms with E-state index in [1.807, 2.05) is 61.5 Å². The lowest BCUT2D eigenvalue weighted by atomic mass is 10.0. The molecule has 0 aromatic heterocycles. The molecule has 2 N–H and O–H groups in total. The van der Waals surface area contributed by atoms with Gasteiger partial charge in [0.15, 0.2) is 0 Å². The first-order valence-corrected chi connectivity index (χ1v) is 11.8. The molecule has 162 valence electrons. The zero-order valence-electron chi connectivity index (χ0n) is 18.0. The maximum atomic E-state index is 13.1. The quantitative estimate of drug-likeness (QED) is 0.540. The van der Waals surface area contributed by atoms with Crippen LogP contribution in [0.5, 0.6) is 0 Å². The second-order valence-electron chi connectivity index (χ2n) is 7.94. The van der Waals surface area contributed by atoms with Crippen LogP contribution in [0, 0.1) is 6.92 Å². The molecule has 0 unspecified atom stereocenters. The number of nitrogens with one attached hydrogen (secondary N) is 2. The Morgan fingerprint density at radius 3 is 2.06 bits per heavy atom. The van der Waals surface area contributed by atoms with E-state index in [2.05, 4.69) is 23.9 Å². The minimum atomic E-state index is -3.86. The Hall–Kier alpha value is -2.96. The highest BCUT2D eigenvalue weighted by Crippen LogP contribution is 2.18. The Kier molecular flexibility index (Phi) is 7.25. The van der Waals surface area contributed by atoms with Gasteiger partial charge in [0.25, 0.3) is 0 Å².